The fraction of sp³-hybridized carbons (Fsp3) is 0.476. The zero-order chi connectivity index (χ0) is 18.4. The van der Waals surface area contributed by atoms with Crippen molar-refractivity contribution in [1.82, 2.24) is 4.98 Å². The molecule has 2 aromatic rings. The molecule has 0 radical (unpaired) electrons. The number of nitrogens with zero attached hydrogens (tertiary/aromatic N) is 1. The highest BCUT2D eigenvalue weighted by Gasteiger charge is 2.14. The van der Waals surface area contributed by atoms with Gasteiger partial charge in [-0.1, -0.05) is 17.7 Å². The number of benzene rings is 1. The zero-order valence-corrected chi connectivity index (χ0v) is 16.2. The maximum absolute atomic E-state index is 6.18. The summed E-state index contributed by atoms with van der Waals surface area (Å²) in [4.78, 5) is 4.57. The second kappa shape index (κ2) is 8.86. The van der Waals surface area contributed by atoms with Crippen LogP contribution in [0.2, 0.25) is 0 Å². The molecular formula is C21H29NO3. The summed E-state index contributed by atoms with van der Waals surface area (Å²) in [5, 5.41) is 0. The number of unbranched alkanes of at least 4 members (excludes halogenated alkanes) is 1. The molecule has 0 aliphatic heterocycles. The highest BCUT2D eigenvalue weighted by Crippen LogP contribution is 2.34. The molecule has 0 aliphatic rings. The molecule has 0 amide bonds. The second-order valence-electron chi connectivity index (χ2n) is 6.57. The third kappa shape index (κ3) is 5.20. The minimum Gasteiger partial charge on any atom is -0.493 e. The Morgan fingerprint density at radius 3 is 2.16 bits per heavy atom. The first-order chi connectivity index (χ1) is 11.9. The summed E-state index contributed by atoms with van der Waals surface area (Å²) in [5.41, 5.74) is 5.27. The molecule has 136 valence electrons. The molecule has 4 heteroatoms. The number of aromatic nitrogens is 1. The summed E-state index contributed by atoms with van der Waals surface area (Å²) in [5.74, 6) is 2.32. The van der Waals surface area contributed by atoms with Crippen molar-refractivity contribution in [2.45, 2.75) is 47.5 Å². The van der Waals surface area contributed by atoms with Crippen LogP contribution in [0.25, 0.3) is 0 Å². The van der Waals surface area contributed by atoms with Crippen LogP contribution in [-0.2, 0) is 4.74 Å². The molecule has 0 atom stereocenters. The van der Waals surface area contributed by atoms with E-state index >= 15 is 0 Å². The summed E-state index contributed by atoms with van der Waals surface area (Å²) < 4.78 is 17.2. The summed E-state index contributed by atoms with van der Waals surface area (Å²) in [6, 6.07) is 6.22. The monoisotopic (exact) mass is 343 g/mol. The van der Waals surface area contributed by atoms with Gasteiger partial charge in [0.2, 0.25) is 5.88 Å². The first-order valence-corrected chi connectivity index (χ1v) is 8.78. The Hall–Kier alpha value is -2.07. The lowest BCUT2D eigenvalue weighted by Gasteiger charge is -2.16. The van der Waals surface area contributed by atoms with Gasteiger partial charge in [0.05, 0.1) is 12.2 Å². The molecule has 0 saturated carbocycles. The van der Waals surface area contributed by atoms with E-state index in [1.54, 1.807) is 7.11 Å². The van der Waals surface area contributed by atoms with E-state index in [-0.39, 0.29) is 0 Å². The zero-order valence-electron chi connectivity index (χ0n) is 16.2. The molecule has 2 rings (SSSR count). The van der Waals surface area contributed by atoms with Crippen molar-refractivity contribution < 1.29 is 14.2 Å². The van der Waals surface area contributed by atoms with Gasteiger partial charge in [-0.15, -0.1) is 0 Å². The van der Waals surface area contributed by atoms with Gasteiger partial charge >= 0.3 is 0 Å². The Morgan fingerprint density at radius 1 is 0.880 bits per heavy atom. The molecule has 0 unspecified atom stereocenters. The summed E-state index contributed by atoms with van der Waals surface area (Å²) in [6.45, 7) is 11.6. The minimum atomic E-state index is 0.613. The first-order valence-electron chi connectivity index (χ1n) is 8.78. The van der Waals surface area contributed by atoms with Crippen molar-refractivity contribution in [3.8, 4) is 17.4 Å². The lowest BCUT2D eigenvalue weighted by molar-refractivity contribution is 0.184. The minimum absolute atomic E-state index is 0.613. The summed E-state index contributed by atoms with van der Waals surface area (Å²) >= 11 is 0. The lowest BCUT2D eigenvalue weighted by atomic mass is 10.1. The predicted molar refractivity (Wildman–Crippen MR) is 101 cm³/mol. The Kier molecular flexibility index (Phi) is 6.82. The topological polar surface area (TPSA) is 40.6 Å². The molecule has 1 aromatic heterocycles. The van der Waals surface area contributed by atoms with Crippen molar-refractivity contribution in [2.75, 3.05) is 20.3 Å². The molecule has 0 aliphatic carbocycles. The van der Waals surface area contributed by atoms with Gasteiger partial charge in [0.1, 0.15) is 11.5 Å². The van der Waals surface area contributed by atoms with Crippen molar-refractivity contribution >= 4 is 0 Å². The van der Waals surface area contributed by atoms with Crippen LogP contribution in [0.3, 0.4) is 0 Å². The maximum atomic E-state index is 6.18. The number of rotatable bonds is 8. The third-order valence-corrected chi connectivity index (χ3v) is 4.11. The van der Waals surface area contributed by atoms with Crippen molar-refractivity contribution in [1.29, 1.82) is 0 Å². The largest absolute Gasteiger partial charge is 0.493 e. The van der Waals surface area contributed by atoms with Crippen LogP contribution in [0.5, 0.6) is 17.4 Å². The van der Waals surface area contributed by atoms with Gasteiger partial charge in [-0.25, -0.2) is 4.98 Å². The fourth-order valence-corrected chi connectivity index (χ4v) is 2.88. The van der Waals surface area contributed by atoms with Gasteiger partial charge in [0, 0.05) is 25.5 Å². The lowest BCUT2D eigenvalue weighted by Crippen LogP contribution is -2.04. The maximum Gasteiger partial charge on any atom is 0.226 e. The van der Waals surface area contributed by atoms with Crippen LogP contribution in [0.4, 0.5) is 0 Å². The first kappa shape index (κ1) is 19.3. The van der Waals surface area contributed by atoms with Crippen LogP contribution in [0.1, 0.15) is 40.8 Å². The van der Waals surface area contributed by atoms with Crippen LogP contribution in [0, 0.1) is 34.6 Å². The molecule has 0 saturated heterocycles. The molecule has 0 bridgehead atoms. The van der Waals surface area contributed by atoms with Gasteiger partial charge in [0.15, 0.2) is 0 Å². The third-order valence-electron chi connectivity index (χ3n) is 4.11. The van der Waals surface area contributed by atoms with Crippen molar-refractivity contribution in [2.24, 2.45) is 0 Å². The van der Waals surface area contributed by atoms with Gasteiger partial charge in [-0.05, 0) is 58.6 Å². The Bertz CT molecular complexity index is 702. The van der Waals surface area contributed by atoms with Crippen LogP contribution in [-0.4, -0.2) is 25.3 Å². The van der Waals surface area contributed by atoms with Crippen LogP contribution < -0.4 is 9.47 Å². The van der Waals surface area contributed by atoms with E-state index < -0.39 is 0 Å². The Balaban J connectivity index is 2.19. The standard InChI is InChI=1S/C21H29NO3/c1-14-11-15(2)20(16(3)12-14)25-21-18(5)19(13-17(4)22-21)24-10-8-7-9-23-6/h11-13H,7-10H2,1-6H3. The van der Waals surface area contributed by atoms with E-state index in [0.29, 0.717) is 12.5 Å². The smallest absolute Gasteiger partial charge is 0.226 e. The van der Waals surface area contributed by atoms with Gasteiger partial charge in [-0.2, -0.15) is 0 Å². The highest BCUT2D eigenvalue weighted by atomic mass is 16.5. The Morgan fingerprint density at radius 2 is 1.52 bits per heavy atom. The fourth-order valence-electron chi connectivity index (χ4n) is 2.88. The molecule has 0 fully saturated rings. The predicted octanol–water partition coefficient (Wildman–Crippen LogP) is 5.22. The number of ether oxygens (including phenoxy) is 3. The highest BCUT2D eigenvalue weighted by molar-refractivity contribution is 5.48. The average molecular weight is 343 g/mol. The van der Waals surface area contributed by atoms with E-state index in [0.717, 1.165) is 53.3 Å². The Labute approximate surface area is 151 Å². The normalized spacial score (nSPS) is 10.8. The van der Waals surface area contributed by atoms with Crippen molar-refractivity contribution in [3.05, 3.63) is 46.1 Å². The second-order valence-corrected chi connectivity index (χ2v) is 6.57. The SMILES string of the molecule is COCCCCOc1cc(C)nc(Oc2c(C)cc(C)cc2C)c1C. The van der Waals surface area contributed by atoms with Gasteiger partial charge in [-0.3, -0.25) is 0 Å². The molecule has 1 heterocycles. The molecule has 0 spiro atoms. The van der Waals surface area contributed by atoms with Gasteiger partial charge in [0.25, 0.3) is 0 Å². The number of methoxy groups -OCH3 is 1. The van der Waals surface area contributed by atoms with Crippen LogP contribution in [0.15, 0.2) is 18.2 Å². The number of aryl methyl sites for hydroxylation is 4. The summed E-state index contributed by atoms with van der Waals surface area (Å²) in [6.07, 6.45) is 1.95. The number of hydrogen-bond acceptors (Lipinski definition) is 4. The van der Waals surface area contributed by atoms with Crippen LogP contribution >= 0.6 is 0 Å². The van der Waals surface area contributed by atoms with E-state index in [9.17, 15) is 0 Å². The number of hydrogen-bond donors (Lipinski definition) is 0. The van der Waals surface area contributed by atoms with Crippen molar-refractivity contribution in [3.63, 3.8) is 0 Å². The molecular weight excluding hydrogens is 314 g/mol. The average Bonchev–Trinajstić information content (AvgIpc) is 2.54. The van der Waals surface area contributed by atoms with E-state index in [2.05, 4.69) is 37.9 Å². The van der Waals surface area contributed by atoms with E-state index in [1.807, 2.05) is 19.9 Å². The van der Waals surface area contributed by atoms with E-state index in [4.69, 9.17) is 14.2 Å². The summed E-state index contributed by atoms with van der Waals surface area (Å²) in [7, 11) is 1.72. The molecule has 0 N–H and O–H groups in total. The van der Waals surface area contributed by atoms with Gasteiger partial charge < -0.3 is 14.2 Å². The molecule has 1 aromatic carbocycles. The number of pyridine rings is 1. The molecule has 25 heavy (non-hydrogen) atoms. The van der Waals surface area contributed by atoms with E-state index in [1.165, 1.54) is 5.56 Å². The quantitative estimate of drug-likeness (QED) is 0.616. The molecule has 4 nitrogen and oxygen atoms in total.